The third-order valence-corrected chi connectivity index (χ3v) is 6.66. The van der Waals surface area contributed by atoms with E-state index in [9.17, 15) is 0 Å². The molecule has 2 saturated carbocycles. The number of benzene rings is 1. The van der Waals surface area contributed by atoms with Crippen molar-refractivity contribution < 1.29 is 0 Å². The molecule has 2 bridgehead atoms. The van der Waals surface area contributed by atoms with Crippen LogP contribution in [0.15, 0.2) is 30.3 Å². The average molecular weight is 336 g/mol. The molecule has 4 atom stereocenters. The van der Waals surface area contributed by atoms with Gasteiger partial charge in [0.2, 0.25) is 0 Å². The fraction of sp³-hybridized carbons (Fsp3) is 0.542. The summed E-state index contributed by atoms with van der Waals surface area (Å²) in [7, 11) is 0. The lowest BCUT2D eigenvalue weighted by Crippen LogP contribution is -2.15. The van der Waals surface area contributed by atoms with Crippen LogP contribution in [-0.4, -0.2) is 4.98 Å². The van der Waals surface area contributed by atoms with Crippen molar-refractivity contribution in [3.05, 3.63) is 52.8 Å². The van der Waals surface area contributed by atoms with Crippen LogP contribution < -0.4 is 0 Å². The lowest BCUT2D eigenvalue weighted by molar-refractivity contribution is 0.405. The molecule has 0 saturated heterocycles. The van der Waals surface area contributed by atoms with E-state index in [-0.39, 0.29) is 0 Å². The van der Waals surface area contributed by atoms with Gasteiger partial charge in [0.1, 0.15) is 0 Å². The Hall–Kier alpha value is -1.63. The monoisotopic (exact) mass is 335 g/mol. The summed E-state index contributed by atoms with van der Waals surface area (Å²) in [6.45, 7) is 13.2. The van der Waals surface area contributed by atoms with Crippen LogP contribution in [0.4, 0.5) is 0 Å². The minimum Gasteiger partial charge on any atom is -0.258 e. The first kappa shape index (κ1) is 18.2. The van der Waals surface area contributed by atoms with Gasteiger partial charge in [0, 0.05) is 17.0 Å². The second-order valence-corrected chi connectivity index (χ2v) is 7.76. The first-order chi connectivity index (χ1) is 12.1. The van der Waals surface area contributed by atoms with E-state index in [0.717, 1.165) is 23.7 Å². The zero-order valence-electron chi connectivity index (χ0n) is 16.8. The summed E-state index contributed by atoms with van der Waals surface area (Å²) < 4.78 is 0. The summed E-state index contributed by atoms with van der Waals surface area (Å²) in [5.41, 5.74) is 8.16. The Balaban J connectivity index is 0.000000880. The van der Waals surface area contributed by atoms with Gasteiger partial charge in [0.15, 0.2) is 0 Å². The van der Waals surface area contributed by atoms with Crippen LogP contribution in [0.2, 0.25) is 0 Å². The largest absolute Gasteiger partial charge is 0.258 e. The maximum atomic E-state index is 4.96. The van der Waals surface area contributed by atoms with Crippen LogP contribution in [0.1, 0.15) is 68.5 Å². The van der Waals surface area contributed by atoms with Crippen LogP contribution >= 0.6 is 0 Å². The maximum absolute atomic E-state index is 4.96. The van der Waals surface area contributed by atoms with Crippen molar-refractivity contribution in [2.45, 2.75) is 66.7 Å². The molecule has 25 heavy (non-hydrogen) atoms. The summed E-state index contributed by atoms with van der Waals surface area (Å²) in [6, 6.07) is 10.8. The van der Waals surface area contributed by atoms with Gasteiger partial charge in [-0.3, -0.25) is 4.98 Å². The highest BCUT2D eigenvalue weighted by atomic mass is 14.7. The van der Waals surface area contributed by atoms with E-state index in [1.165, 1.54) is 47.3 Å². The molecule has 134 valence electrons. The van der Waals surface area contributed by atoms with E-state index in [1.807, 2.05) is 13.8 Å². The molecular formula is C24H33N. The predicted molar refractivity (Wildman–Crippen MR) is 108 cm³/mol. The Labute approximate surface area is 153 Å². The number of fused-ring (bicyclic) bond motifs is 2. The smallest absolute Gasteiger partial charge is 0.0457 e. The molecule has 2 aliphatic carbocycles. The van der Waals surface area contributed by atoms with Crippen molar-refractivity contribution in [1.29, 1.82) is 0 Å². The second-order valence-electron chi connectivity index (χ2n) is 7.76. The van der Waals surface area contributed by atoms with Gasteiger partial charge in [-0.05, 0) is 80.4 Å². The molecular weight excluding hydrogens is 302 g/mol. The quantitative estimate of drug-likeness (QED) is 0.585. The molecule has 0 N–H and O–H groups in total. The standard InChI is InChI=1S/C22H27N.C2H6/c1-13-18-10-11-19(13)20(12-18)22-14(2)21(15(3)23-16(22)4)17-8-6-5-7-9-17;1-2/h5-9,13,18-20H,10-12H2,1-4H3;1-2H3/t13?,18?,19?,20-;/m0./s1. The average Bonchev–Trinajstić information content (AvgIpc) is 3.12. The molecule has 1 aromatic carbocycles. The van der Waals surface area contributed by atoms with Crippen LogP contribution in [0.25, 0.3) is 11.1 Å². The van der Waals surface area contributed by atoms with E-state index < -0.39 is 0 Å². The maximum Gasteiger partial charge on any atom is 0.0457 e. The minimum absolute atomic E-state index is 0.735. The molecule has 2 aliphatic rings. The number of hydrogen-bond acceptors (Lipinski definition) is 1. The highest BCUT2D eigenvalue weighted by Gasteiger charge is 2.47. The van der Waals surface area contributed by atoms with Gasteiger partial charge in [-0.2, -0.15) is 0 Å². The molecule has 0 amide bonds. The number of aromatic nitrogens is 1. The van der Waals surface area contributed by atoms with Gasteiger partial charge in [0.25, 0.3) is 0 Å². The summed E-state index contributed by atoms with van der Waals surface area (Å²) >= 11 is 0. The lowest BCUT2D eigenvalue weighted by atomic mass is 9.78. The van der Waals surface area contributed by atoms with E-state index in [1.54, 1.807) is 5.56 Å². The third kappa shape index (κ3) is 3.03. The van der Waals surface area contributed by atoms with Crippen LogP contribution in [0, 0.1) is 38.5 Å². The molecule has 2 aromatic rings. The minimum atomic E-state index is 0.735. The zero-order chi connectivity index (χ0) is 18.1. The van der Waals surface area contributed by atoms with Crippen molar-refractivity contribution in [2.24, 2.45) is 17.8 Å². The fourth-order valence-corrected chi connectivity index (χ4v) is 5.64. The van der Waals surface area contributed by atoms with E-state index >= 15 is 0 Å². The van der Waals surface area contributed by atoms with Gasteiger partial charge in [-0.25, -0.2) is 0 Å². The van der Waals surface area contributed by atoms with Crippen molar-refractivity contribution in [1.82, 2.24) is 4.98 Å². The predicted octanol–water partition coefficient (Wildman–Crippen LogP) is 6.85. The van der Waals surface area contributed by atoms with Crippen molar-refractivity contribution in [3.8, 4) is 11.1 Å². The molecule has 1 aromatic heterocycles. The zero-order valence-corrected chi connectivity index (χ0v) is 16.8. The molecule has 0 radical (unpaired) electrons. The molecule has 1 nitrogen and oxygen atoms in total. The fourth-order valence-electron chi connectivity index (χ4n) is 5.64. The van der Waals surface area contributed by atoms with Gasteiger partial charge in [0.05, 0.1) is 0 Å². The third-order valence-electron chi connectivity index (χ3n) is 6.66. The lowest BCUT2D eigenvalue weighted by Gasteiger charge is -2.27. The summed E-state index contributed by atoms with van der Waals surface area (Å²) in [5, 5.41) is 0. The molecule has 1 heteroatoms. The van der Waals surface area contributed by atoms with Gasteiger partial charge in [-0.1, -0.05) is 51.1 Å². The Morgan fingerprint density at radius 2 is 1.60 bits per heavy atom. The van der Waals surface area contributed by atoms with Gasteiger partial charge in [-0.15, -0.1) is 0 Å². The second kappa shape index (κ2) is 7.32. The van der Waals surface area contributed by atoms with Crippen LogP contribution in [0.5, 0.6) is 0 Å². The first-order valence-electron chi connectivity index (χ1n) is 10.1. The van der Waals surface area contributed by atoms with Crippen molar-refractivity contribution in [2.75, 3.05) is 0 Å². The number of hydrogen-bond donors (Lipinski definition) is 0. The molecule has 4 rings (SSSR count). The molecule has 2 fully saturated rings. The first-order valence-corrected chi connectivity index (χ1v) is 10.1. The Kier molecular flexibility index (Phi) is 5.32. The molecule has 0 spiro atoms. The number of rotatable bonds is 2. The Bertz CT molecular complexity index is 732. The van der Waals surface area contributed by atoms with E-state index in [4.69, 9.17) is 4.98 Å². The number of aryl methyl sites for hydroxylation is 2. The number of nitrogens with zero attached hydrogens (tertiary/aromatic N) is 1. The van der Waals surface area contributed by atoms with Crippen molar-refractivity contribution >= 4 is 0 Å². The summed E-state index contributed by atoms with van der Waals surface area (Å²) in [4.78, 5) is 4.96. The molecule has 3 unspecified atom stereocenters. The summed E-state index contributed by atoms with van der Waals surface area (Å²) in [5.74, 6) is 3.47. The van der Waals surface area contributed by atoms with E-state index in [0.29, 0.717) is 0 Å². The van der Waals surface area contributed by atoms with Crippen LogP contribution in [0.3, 0.4) is 0 Å². The Morgan fingerprint density at radius 3 is 2.16 bits per heavy atom. The highest BCUT2D eigenvalue weighted by molar-refractivity contribution is 5.71. The van der Waals surface area contributed by atoms with Gasteiger partial charge >= 0.3 is 0 Å². The normalized spacial score (nSPS) is 27.1. The van der Waals surface area contributed by atoms with Gasteiger partial charge < -0.3 is 0 Å². The molecule has 0 aliphatic heterocycles. The van der Waals surface area contributed by atoms with E-state index in [2.05, 4.69) is 58.0 Å². The molecule has 1 heterocycles. The highest BCUT2D eigenvalue weighted by Crippen LogP contribution is 2.57. The number of pyridine rings is 1. The summed E-state index contributed by atoms with van der Waals surface area (Å²) in [6.07, 6.45) is 4.25. The van der Waals surface area contributed by atoms with Crippen LogP contribution in [-0.2, 0) is 0 Å². The topological polar surface area (TPSA) is 12.9 Å². The SMILES string of the molecule is CC.Cc1nc(C)c([C@H]2CC3CCC2C3C)c(C)c1-c1ccccc1. The van der Waals surface area contributed by atoms with Crippen molar-refractivity contribution in [3.63, 3.8) is 0 Å². The Morgan fingerprint density at radius 1 is 0.920 bits per heavy atom.